The molecule has 2 rings (SSSR count). The molecule has 1 fully saturated rings. The zero-order valence-electron chi connectivity index (χ0n) is 12.4. The van der Waals surface area contributed by atoms with E-state index in [1.54, 1.807) is 0 Å². The summed E-state index contributed by atoms with van der Waals surface area (Å²) in [6, 6.07) is 3.41. The summed E-state index contributed by atoms with van der Waals surface area (Å²) in [4.78, 5) is 20.5. The monoisotopic (exact) mass is 316 g/mol. The number of nitro groups is 2. The lowest BCUT2D eigenvalue weighted by atomic mass is 9.85. The van der Waals surface area contributed by atoms with Crippen LogP contribution in [0.25, 0.3) is 0 Å². The maximum absolute atomic E-state index is 11.1. The molecule has 8 heteroatoms. The minimum Gasteiger partial charge on any atom is -0.272 e. The summed E-state index contributed by atoms with van der Waals surface area (Å²) in [7, 11) is 0. The van der Waals surface area contributed by atoms with Gasteiger partial charge in [-0.1, -0.05) is 6.42 Å². The third kappa shape index (κ3) is 4.03. The van der Waals surface area contributed by atoms with E-state index in [2.05, 4.69) is 16.4 Å². The Morgan fingerprint density at radius 2 is 2.09 bits per heavy atom. The molecule has 1 aromatic rings. The number of benzene rings is 1. The highest BCUT2D eigenvalue weighted by Crippen LogP contribution is 2.30. The van der Waals surface area contributed by atoms with Crippen LogP contribution < -0.4 is 5.43 Å². The van der Waals surface area contributed by atoms with Crippen LogP contribution in [-0.4, -0.2) is 15.6 Å². The third-order valence-corrected chi connectivity index (χ3v) is 3.78. The van der Waals surface area contributed by atoms with Crippen molar-refractivity contribution in [1.82, 2.24) is 0 Å². The normalized spacial score (nSPS) is 19.1. The highest BCUT2D eigenvalue weighted by Gasteiger charge is 2.22. The molecule has 0 heterocycles. The molecule has 1 aromatic carbocycles. The van der Waals surface area contributed by atoms with Gasteiger partial charge in [-0.2, -0.15) is 5.10 Å². The van der Waals surface area contributed by atoms with Crippen LogP contribution in [0.4, 0.5) is 17.1 Å². The summed E-state index contributed by atoms with van der Waals surface area (Å²) in [6.45, 7) is 0. The van der Waals surface area contributed by atoms with Crippen molar-refractivity contribution in [3.8, 4) is 12.3 Å². The highest BCUT2D eigenvalue weighted by molar-refractivity contribution is 5.88. The molecule has 1 N–H and O–H groups in total. The Morgan fingerprint density at radius 1 is 1.30 bits per heavy atom. The van der Waals surface area contributed by atoms with Crippen molar-refractivity contribution in [2.24, 2.45) is 11.0 Å². The van der Waals surface area contributed by atoms with Gasteiger partial charge in [0.2, 0.25) is 0 Å². The third-order valence-electron chi connectivity index (χ3n) is 3.78. The Labute approximate surface area is 132 Å². The lowest BCUT2D eigenvalue weighted by molar-refractivity contribution is -0.393. The van der Waals surface area contributed by atoms with Crippen molar-refractivity contribution >= 4 is 22.8 Å². The number of hydrazone groups is 1. The van der Waals surface area contributed by atoms with Crippen molar-refractivity contribution in [3.63, 3.8) is 0 Å². The van der Waals surface area contributed by atoms with Crippen LogP contribution in [-0.2, 0) is 0 Å². The largest absolute Gasteiger partial charge is 0.301 e. The van der Waals surface area contributed by atoms with E-state index < -0.39 is 9.85 Å². The molecular formula is C15H16N4O4. The summed E-state index contributed by atoms with van der Waals surface area (Å²) in [5.74, 6) is 2.80. The number of nitrogens with zero attached hydrogens (tertiary/aromatic N) is 3. The first-order valence-electron chi connectivity index (χ1n) is 7.21. The fourth-order valence-electron chi connectivity index (χ4n) is 2.59. The maximum Gasteiger partial charge on any atom is 0.301 e. The zero-order valence-corrected chi connectivity index (χ0v) is 12.4. The molecule has 0 aliphatic heterocycles. The molecular weight excluding hydrogens is 300 g/mol. The van der Waals surface area contributed by atoms with E-state index in [1.165, 1.54) is 12.1 Å². The molecule has 1 aliphatic carbocycles. The molecule has 0 radical (unpaired) electrons. The molecule has 1 aliphatic rings. The predicted octanol–water partition coefficient (Wildman–Crippen LogP) is 3.48. The van der Waals surface area contributed by atoms with Crippen LogP contribution >= 0.6 is 0 Å². The first-order chi connectivity index (χ1) is 11.0. The summed E-state index contributed by atoms with van der Waals surface area (Å²) in [5.41, 5.74) is 2.97. The van der Waals surface area contributed by atoms with E-state index in [9.17, 15) is 20.2 Å². The summed E-state index contributed by atoms with van der Waals surface area (Å²) >= 11 is 0. The number of nitro benzene ring substituents is 2. The Hall–Kier alpha value is -2.95. The van der Waals surface area contributed by atoms with Crippen LogP contribution in [0.1, 0.15) is 32.1 Å². The van der Waals surface area contributed by atoms with E-state index in [0.29, 0.717) is 6.42 Å². The Bertz CT molecular complexity index is 693. The lowest BCUT2D eigenvalue weighted by Crippen LogP contribution is -2.20. The molecule has 0 amide bonds. The zero-order chi connectivity index (χ0) is 16.8. The molecule has 0 aromatic heterocycles. The number of rotatable bonds is 5. The standard InChI is InChI=1S/C15H16N4O4/c1-2-5-11-6-3-4-7-13(11)16-17-14-9-8-12(18(20)21)10-15(14)19(22)23/h1,8-11,17H,3-7H2/b16-13+/t11-/m1/s1. The summed E-state index contributed by atoms with van der Waals surface area (Å²) in [5, 5.41) is 26.1. The van der Waals surface area contributed by atoms with Gasteiger partial charge in [0, 0.05) is 24.1 Å². The lowest BCUT2D eigenvalue weighted by Gasteiger charge is -2.22. The van der Waals surface area contributed by atoms with Gasteiger partial charge in [-0.05, 0) is 25.3 Å². The SMILES string of the molecule is C#CC[C@@H]1CCCC/C1=N\Nc1ccc([N+](=O)[O-])cc1[N+](=O)[O-]. The van der Waals surface area contributed by atoms with Crippen LogP contribution in [0.15, 0.2) is 23.3 Å². The van der Waals surface area contributed by atoms with E-state index in [0.717, 1.165) is 37.5 Å². The van der Waals surface area contributed by atoms with Crippen molar-refractivity contribution in [3.05, 3.63) is 38.4 Å². The maximum atomic E-state index is 11.1. The van der Waals surface area contributed by atoms with Gasteiger partial charge in [-0.3, -0.25) is 25.7 Å². The van der Waals surface area contributed by atoms with Crippen molar-refractivity contribution in [1.29, 1.82) is 0 Å². The first-order valence-corrected chi connectivity index (χ1v) is 7.21. The van der Waals surface area contributed by atoms with Gasteiger partial charge in [0.05, 0.1) is 15.9 Å². The number of non-ortho nitro benzene ring substituents is 1. The van der Waals surface area contributed by atoms with Crippen LogP contribution in [0, 0.1) is 38.5 Å². The number of hydrogen-bond acceptors (Lipinski definition) is 6. The van der Waals surface area contributed by atoms with Gasteiger partial charge in [0.25, 0.3) is 5.69 Å². The highest BCUT2D eigenvalue weighted by atomic mass is 16.6. The summed E-state index contributed by atoms with van der Waals surface area (Å²) < 4.78 is 0. The smallest absolute Gasteiger partial charge is 0.272 e. The van der Waals surface area contributed by atoms with E-state index in [4.69, 9.17) is 6.42 Å². The first kappa shape index (κ1) is 16.4. The molecule has 23 heavy (non-hydrogen) atoms. The van der Waals surface area contributed by atoms with E-state index >= 15 is 0 Å². The van der Waals surface area contributed by atoms with Gasteiger partial charge in [-0.15, -0.1) is 12.3 Å². The van der Waals surface area contributed by atoms with Crippen LogP contribution in [0.3, 0.4) is 0 Å². The second-order valence-corrected chi connectivity index (χ2v) is 5.28. The summed E-state index contributed by atoms with van der Waals surface area (Å²) in [6.07, 6.45) is 9.78. The van der Waals surface area contributed by atoms with Gasteiger partial charge in [0.15, 0.2) is 0 Å². The fourth-order valence-corrected chi connectivity index (χ4v) is 2.59. The average molecular weight is 316 g/mol. The number of terminal acetylenes is 1. The molecule has 0 saturated heterocycles. The molecule has 1 atom stereocenters. The molecule has 8 nitrogen and oxygen atoms in total. The average Bonchev–Trinajstić information content (AvgIpc) is 2.54. The predicted molar refractivity (Wildman–Crippen MR) is 86.2 cm³/mol. The van der Waals surface area contributed by atoms with Crippen LogP contribution in [0.2, 0.25) is 0 Å². The van der Waals surface area contributed by atoms with Crippen molar-refractivity contribution in [2.75, 3.05) is 5.43 Å². The second-order valence-electron chi connectivity index (χ2n) is 5.28. The van der Waals surface area contributed by atoms with Crippen LogP contribution in [0.5, 0.6) is 0 Å². The Kier molecular flexibility index (Phi) is 5.25. The van der Waals surface area contributed by atoms with E-state index in [-0.39, 0.29) is 23.0 Å². The Morgan fingerprint density at radius 3 is 2.74 bits per heavy atom. The second kappa shape index (κ2) is 7.35. The van der Waals surface area contributed by atoms with Gasteiger partial charge in [-0.25, -0.2) is 0 Å². The molecule has 0 unspecified atom stereocenters. The topological polar surface area (TPSA) is 111 Å². The van der Waals surface area contributed by atoms with Gasteiger partial charge < -0.3 is 0 Å². The minimum absolute atomic E-state index is 0.123. The fraction of sp³-hybridized carbons (Fsp3) is 0.400. The number of anilines is 1. The molecule has 1 saturated carbocycles. The quantitative estimate of drug-likeness (QED) is 0.508. The number of nitrogens with one attached hydrogen (secondary N) is 1. The Balaban J connectivity index is 2.25. The number of hydrogen-bond donors (Lipinski definition) is 1. The van der Waals surface area contributed by atoms with Crippen molar-refractivity contribution < 1.29 is 9.85 Å². The molecule has 0 bridgehead atoms. The van der Waals surface area contributed by atoms with Gasteiger partial charge in [0.1, 0.15) is 5.69 Å². The minimum atomic E-state index is -0.674. The van der Waals surface area contributed by atoms with E-state index in [1.807, 2.05) is 0 Å². The molecule has 0 spiro atoms. The van der Waals surface area contributed by atoms with Gasteiger partial charge >= 0.3 is 5.69 Å². The molecule has 120 valence electrons. The van der Waals surface area contributed by atoms with Crippen molar-refractivity contribution in [2.45, 2.75) is 32.1 Å².